The highest BCUT2D eigenvalue weighted by molar-refractivity contribution is 7.99. The molecule has 0 radical (unpaired) electrons. The summed E-state index contributed by atoms with van der Waals surface area (Å²) < 4.78 is 0. The molecule has 0 fully saturated rings. The molecule has 0 aliphatic rings. The van der Waals surface area contributed by atoms with Crippen LogP contribution in [0.2, 0.25) is 0 Å². The maximum absolute atomic E-state index is 9.99. The standard InChI is InChI=1S/C13H16N4OS/c1-2-9(18)8-5-3-4-6-10(8)19-13-16-11(14)7-12(15)17-13/h3-7,9,18H,2H2,1H3,(H4,14,15,16,17). The molecule has 0 bridgehead atoms. The molecule has 0 aliphatic heterocycles. The predicted molar refractivity (Wildman–Crippen MR) is 76.7 cm³/mol. The molecular weight excluding hydrogens is 260 g/mol. The highest BCUT2D eigenvalue weighted by atomic mass is 32.2. The summed E-state index contributed by atoms with van der Waals surface area (Å²) in [5.74, 6) is 0.673. The third-order valence-corrected chi connectivity index (χ3v) is 3.57. The zero-order valence-electron chi connectivity index (χ0n) is 10.6. The third kappa shape index (κ3) is 3.36. The van der Waals surface area contributed by atoms with Crippen molar-refractivity contribution >= 4 is 23.4 Å². The highest BCUT2D eigenvalue weighted by Gasteiger charge is 2.12. The average Bonchev–Trinajstić information content (AvgIpc) is 2.37. The van der Waals surface area contributed by atoms with E-state index in [0.717, 1.165) is 10.5 Å². The van der Waals surface area contributed by atoms with Gasteiger partial charge in [-0.05, 0) is 29.8 Å². The van der Waals surface area contributed by atoms with Crippen molar-refractivity contribution in [1.29, 1.82) is 0 Å². The molecule has 6 heteroatoms. The van der Waals surface area contributed by atoms with Crippen molar-refractivity contribution in [2.24, 2.45) is 0 Å². The first-order valence-electron chi connectivity index (χ1n) is 5.95. The largest absolute Gasteiger partial charge is 0.388 e. The predicted octanol–water partition coefficient (Wildman–Crippen LogP) is 2.24. The number of nitrogen functional groups attached to an aromatic ring is 2. The van der Waals surface area contributed by atoms with E-state index in [0.29, 0.717) is 23.2 Å². The number of nitrogens with two attached hydrogens (primary N) is 2. The number of aromatic nitrogens is 2. The second-order valence-corrected chi connectivity index (χ2v) is 5.07. The smallest absolute Gasteiger partial charge is 0.196 e. The van der Waals surface area contributed by atoms with Crippen LogP contribution in [0, 0.1) is 0 Å². The second kappa shape index (κ2) is 5.90. The number of aliphatic hydroxyl groups is 1. The van der Waals surface area contributed by atoms with Crippen molar-refractivity contribution in [2.45, 2.75) is 29.5 Å². The van der Waals surface area contributed by atoms with Gasteiger partial charge in [-0.25, -0.2) is 9.97 Å². The lowest BCUT2D eigenvalue weighted by molar-refractivity contribution is 0.171. The highest BCUT2D eigenvalue weighted by Crippen LogP contribution is 2.32. The first-order valence-corrected chi connectivity index (χ1v) is 6.76. The molecule has 1 aromatic carbocycles. The summed E-state index contributed by atoms with van der Waals surface area (Å²) in [7, 11) is 0. The van der Waals surface area contributed by atoms with E-state index in [1.54, 1.807) is 0 Å². The zero-order chi connectivity index (χ0) is 13.8. The number of benzene rings is 1. The molecule has 1 atom stereocenters. The molecule has 1 unspecified atom stereocenters. The Kier molecular flexibility index (Phi) is 4.24. The molecule has 1 aromatic heterocycles. The van der Waals surface area contributed by atoms with E-state index >= 15 is 0 Å². The molecule has 2 aromatic rings. The molecule has 0 amide bonds. The van der Waals surface area contributed by atoms with Crippen molar-refractivity contribution in [1.82, 2.24) is 9.97 Å². The third-order valence-electron chi connectivity index (χ3n) is 2.61. The van der Waals surface area contributed by atoms with Gasteiger partial charge < -0.3 is 16.6 Å². The van der Waals surface area contributed by atoms with Crippen molar-refractivity contribution in [3.8, 4) is 0 Å². The van der Waals surface area contributed by atoms with Crippen LogP contribution in [-0.2, 0) is 0 Å². The lowest BCUT2D eigenvalue weighted by Gasteiger charge is -2.13. The molecule has 5 nitrogen and oxygen atoms in total. The van der Waals surface area contributed by atoms with Gasteiger partial charge in [0, 0.05) is 11.0 Å². The first kappa shape index (κ1) is 13.6. The van der Waals surface area contributed by atoms with E-state index in [-0.39, 0.29) is 0 Å². The number of aliphatic hydroxyl groups excluding tert-OH is 1. The first-order chi connectivity index (χ1) is 9.10. The van der Waals surface area contributed by atoms with E-state index in [2.05, 4.69) is 9.97 Å². The molecule has 19 heavy (non-hydrogen) atoms. The molecule has 2 rings (SSSR count). The van der Waals surface area contributed by atoms with Gasteiger partial charge in [-0.3, -0.25) is 0 Å². The molecule has 5 N–H and O–H groups in total. The minimum atomic E-state index is -0.498. The number of hydrogen-bond donors (Lipinski definition) is 3. The van der Waals surface area contributed by atoms with Gasteiger partial charge in [0.15, 0.2) is 5.16 Å². The summed E-state index contributed by atoms with van der Waals surface area (Å²) in [6.45, 7) is 1.93. The minimum Gasteiger partial charge on any atom is -0.388 e. The van der Waals surface area contributed by atoms with E-state index < -0.39 is 6.10 Å². The number of rotatable bonds is 4. The fraction of sp³-hybridized carbons (Fsp3) is 0.231. The Morgan fingerprint density at radius 2 is 1.84 bits per heavy atom. The Bertz CT molecular complexity index is 556. The van der Waals surface area contributed by atoms with Crippen LogP contribution in [-0.4, -0.2) is 15.1 Å². The fourth-order valence-electron chi connectivity index (χ4n) is 1.67. The second-order valence-electron chi connectivity index (χ2n) is 4.06. The summed E-state index contributed by atoms with van der Waals surface area (Å²) in [6.07, 6.45) is 0.152. The Morgan fingerprint density at radius 1 is 1.21 bits per heavy atom. The Balaban J connectivity index is 2.32. The van der Waals surface area contributed by atoms with Gasteiger partial charge in [-0.15, -0.1) is 0 Å². The van der Waals surface area contributed by atoms with Gasteiger partial charge in [0.05, 0.1) is 6.10 Å². The van der Waals surface area contributed by atoms with Gasteiger partial charge in [-0.2, -0.15) is 0 Å². The van der Waals surface area contributed by atoms with Crippen molar-refractivity contribution in [3.63, 3.8) is 0 Å². The van der Waals surface area contributed by atoms with Crippen LogP contribution in [0.5, 0.6) is 0 Å². The maximum atomic E-state index is 9.99. The van der Waals surface area contributed by atoms with Crippen LogP contribution in [0.3, 0.4) is 0 Å². The Hall–Kier alpha value is -1.79. The van der Waals surface area contributed by atoms with E-state index in [4.69, 9.17) is 11.5 Å². The molecule has 0 saturated carbocycles. The summed E-state index contributed by atoms with van der Waals surface area (Å²) in [5, 5.41) is 10.5. The molecule has 1 heterocycles. The Labute approximate surface area is 116 Å². The monoisotopic (exact) mass is 276 g/mol. The molecule has 0 saturated heterocycles. The van der Waals surface area contributed by atoms with E-state index in [1.807, 2.05) is 31.2 Å². The van der Waals surface area contributed by atoms with Gasteiger partial charge >= 0.3 is 0 Å². The lowest BCUT2D eigenvalue weighted by atomic mass is 10.1. The zero-order valence-corrected chi connectivity index (χ0v) is 11.4. The van der Waals surface area contributed by atoms with Crippen LogP contribution in [0.25, 0.3) is 0 Å². The van der Waals surface area contributed by atoms with Crippen molar-refractivity contribution < 1.29 is 5.11 Å². The summed E-state index contributed by atoms with van der Waals surface area (Å²) in [5.41, 5.74) is 12.1. The maximum Gasteiger partial charge on any atom is 0.196 e. The van der Waals surface area contributed by atoms with Gasteiger partial charge in [0.25, 0.3) is 0 Å². The van der Waals surface area contributed by atoms with Gasteiger partial charge in [0.1, 0.15) is 11.6 Å². The molecular formula is C13H16N4OS. The topological polar surface area (TPSA) is 98.0 Å². The van der Waals surface area contributed by atoms with Gasteiger partial charge in [0.2, 0.25) is 0 Å². The average molecular weight is 276 g/mol. The number of nitrogens with zero attached hydrogens (tertiary/aromatic N) is 2. The molecule has 0 spiro atoms. The van der Waals surface area contributed by atoms with Crippen LogP contribution in [0.4, 0.5) is 11.6 Å². The normalized spacial score (nSPS) is 12.3. The van der Waals surface area contributed by atoms with Gasteiger partial charge in [-0.1, -0.05) is 25.1 Å². The minimum absolute atomic E-state index is 0.337. The lowest BCUT2D eigenvalue weighted by Crippen LogP contribution is -2.01. The van der Waals surface area contributed by atoms with Crippen LogP contribution >= 0.6 is 11.8 Å². The SMILES string of the molecule is CCC(O)c1ccccc1Sc1nc(N)cc(N)n1. The molecule has 100 valence electrons. The number of anilines is 2. The van der Waals surface area contributed by atoms with Crippen molar-refractivity contribution in [3.05, 3.63) is 35.9 Å². The Morgan fingerprint density at radius 3 is 2.47 bits per heavy atom. The van der Waals surface area contributed by atoms with E-state index in [9.17, 15) is 5.11 Å². The fourth-order valence-corrected chi connectivity index (χ4v) is 2.64. The van der Waals surface area contributed by atoms with Crippen LogP contribution in [0.15, 0.2) is 40.4 Å². The van der Waals surface area contributed by atoms with Crippen LogP contribution in [0.1, 0.15) is 25.0 Å². The quantitative estimate of drug-likeness (QED) is 0.741. The van der Waals surface area contributed by atoms with Crippen molar-refractivity contribution in [2.75, 3.05) is 11.5 Å². The summed E-state index contributed by atoms with van der Waals surface area (Å²) in [4.78, 5) is 9.15. The molecule has 0 aliphatic carbocycles. The summed E-state index contributed by atoms with van der Waals surface area (Å²) in [6, 6.07) is 9.13. The van der Waals surface area contributed by atoms with Crippen LogP contribution < -0.4 is 11.5 Å². The number of hydrogen-bond acceptors (Lipinski definition) is 6. The summed E-state index contributed by atoms with van der Waals surface area (Å²) >= 11 is 1.34. The van der Waals surface area contributed by atoms with E-state index in [1.165, 1.54) is 17.8 Å².